The second-order valence-electron chi connectivity index (χ2n) is 7.07. The fourth-order valence-electron chi connectivity index (χ4n) is 2.55. The van der Waals surface area contributed by atoms with Gasteiger partial charge in [-0.05, 0) is 6.42 Å². The minimum Gasteiger partial charge on any atom is -0.563 e. The van der Waals surface area contributed by atoms with Crippen molar-refractivity contribution in [3.05, 3.63) is 5.21 Å². The smallest absolute Gasteiger partial charge is 0.303 e. The van der Waals surface area contributed by atoms with Gasteiger partial charge in [-0.2, -0.15) is 9.68 Å². The van der Waals surface area contributed by atoms with Gasteiger partial charge < -0.3 is 20.5 Å². The predicted molar refractivity (Wildman–Crippen MR) is 112 cm³/mol. The minimum atomic E-state index is -1.53. The first-order valence-corrected chi connectivity index (χ1v) is 10.9. The van der Waals surface area contributed by atoms with E-state index in [9.17, 15) is 10.0 Å². The first-order chi connectivity index (χ1) is 13.8. The van der Waals surface area contributed by atoms with Crippen LogP contribution in [-0.2, 0) is 14.5 Å². The molecule has 0 rings (SSSR count). The third-order valence-corrected chi connectivity index (χ3v) is 4.22. The average molecular weight is 425 g/mol. The number of aliphatic hydroxyl groups excluding tert-OH is 2. The highest BCUT2D eigenvalue weighted by Gasteiger charge is 2.26. The number of hydroxylamine groups is 3. The van der Waals surface area contributed by atoms with Crippen LogP contribution in [0.3, 0.4) is 0 Å². The number of nitrogens with zero attached hydrogens (tertiary/aromatic N) is 1. The number of carbonyl (C=O) groups is 1. The van der Waals surface area contributed by atoms with E-state index in [0.717, 1.165) is 12.8 Å². The molecule has 176 valence electrons. The van der Waals surface area contributed by atoms with Crippen LogP contribution in [0.5, 0.6) is 0 Å². The standard InChI is InChI=1S/C14H28O2.C6H16N2O5/c1-2-3-4-5-6-7-8-9-10-11-12-13-14(15)16;1-6(7)8(11,12-4-2-9)13-5-3-10/h2-13H2,1H3,(H,15,16);6,9-10H,2-5,7H2,1H3. The van der Waals surface area contributed by atoms with Crippen molar-refractivity contribution in [2.45, 2.75) is 97.1 Å². The fraction of sp³-hybridized carbons (Fsp3) is 0.950. The lowest BCUT2D eigenvalue weighted by Crippen LogP contribution is -2.54. The number of carboxylic acids is 1. The predicted octanol–water partition coefficient (Wildman–Crippen LogP) is 3.23. The Morgan fingerprint density at radius 1 is 0.897 bits per heavy atom. The lowest BCUT2D eigenvalue weighted by atomic mass is 10.1. The van der Waals surface area contributed by atoms with Crippen molar-refractivity contribution >= 4 is 5.97 Å². The molecular formula is C20H44N2O7. The molecule has 0 aromatic heterocycles. The molecule has 0 spiro atoms. The van der Waals surface area contributed by atoms with Crippen LogP contribution in [0, 0.1) is 5.21 Å². The highest BCUT2D eigenvalue weighted by Crippen LogP contribution is 2.12. The molecule has 0 saturated carbocycles. The molecule has 1 unspecified atom stereocenters. The molecule has 5 N–H and O–H groups in total. The van der Waals surface area contributed by atoms with E-state index < -0.39 is 17.1 Å². The van der Waals surface area contributed by atoms with E-state index in [4.69, 9.17) is 21.1 Å². The van der Waals surface area contributed by atoms with Gasteiger partial charge in [-0.25, -0.2) is 0 Å². The second-order valence-corrected chi connectivity index (χ2v) is 7.07. The average Bonchev–Trinajstić information content (AvgIpc) is 2.69. The van der Waals surface area contributed by atoms with Crippen molar-refractivity contribution in [3.8, 4) is 0 Å². The van der Waals surface area contributed by atoms with Gasteiger partial charge in [-0.3, -0.25) is 10.5 Å². The van der Waals surface area contributed by atoms with E-state index in [1.165, 1.54) is 64.7 Å². The van der Waals surface area contributed by atoms with Gasteiger partial charge in [0.2, 0.25) is 0 Å². The summed E-state index contributed by atoms with van der Waals surface area (Å²) >= 11 is 0. The highest BCUT2D eigenvalue weighted by molar-refractivity contribution is 5.66. The van der Waals surface area contributed by atoms with Crippen molar-refractivity contribution in [2.24, 2.45) is 5.73 Å². The zero-order chi connectivity index (χ0) is 22.4. The Morgan fingerprint density at radius 2 is 1.28 bits per heavy atom. The third-order valence-electron chi connectivity index (χ3n) is 4.22. The van der Waals surface area contributed by atoms with Gasteiger partial charge in [-0.1, -0.05) is 76.1 Å². The molecule has 0 fully saturated rings. The minimum absolute atomic E-state index is 0.170. The molecule has 0 aliphatic heterocycles. The maximum Gasteiger partial charge on any atom is 0.303 e. The van der Waals surface area contributed by atoms with Crippen LogP contribution in [0.1, 0.15) is 90.9 Å². The Hall–Kier alpha value is -0.810. The fourth-order valence-corrected chi connectivity index (χ4v) is 2.55. The molecule has 9 nitrogen and oxygen atoms in total. The number of unbranched alkanes of at least 4 members (excludes halogenated alkanes) is 10. The molecule has 9 heteroatoms. The highest BCUT2D eigenvalue weighted by atomic mass is 17.2. The van der Waals surface area contributed by atoms with E-state index in [0.29, 0.717) is 6.42 Å². The van der Waals surface area contributed by atoms with Crippen molar-refractivity contribution in [1.29, 1.82) is 0 Å². The maximum absolute atomic E-state index is 11.5. The summed E-state index contributed by atoms with van der Waals surface area (Å²) in [7, 11) is 0. The number of aliphatic hydroxyl groups is 2. The van der Waals surface area contributed by atoms with Crippen molar-refractivity contribution in [2.75, 3.05) is 26.4 Å². The van der Waals surface area contributed by atoms with E-state index in [1.807, 2.05) is 0 Å². The summed E-state index contributed by atoms with van der Waals surface area (Å²) in [6.07, 6.45) is 13.4. The molecule has 1 atom stereocenters. The van der Waals surface area contributed by atoms with Gasteiger partial charge in [-0.15, -0.1) is 0 Å². The molecule has 0 amide bonds. The number of hydrogen-bond donors (Lipinski definition) is 4. The monoisotopic (exact) mass is 424 g/mol. The van der Waals surface area contributed by atoms with Gasteiger partial charge >= 0.3 is 5.97 Å². The summed E-state index contributed by atoms with van der Waals surface area (Å²) in [6.45, 7) is 2.72. The van der Waals surface area contributed by atoms with Crippen LogP contribution < -0.4 is 5.73 Å². The van der Waals surface area contributed by atoms with E-state index >= 15 is 0 Å². The first-order valence-electron chi connectivity index (χ1n) is 10.9. The Kier molecular flexibility index (Phi) is 22.9. The zero-order valence-electron chi connectivity index (χ0n) is 18.4. The second kappa shape index (κ2) is 21.9. The number of nitrogens with two attached hydrogens (primary N) is 1. The van der Waals surface area contributed by atoms with E-state index in [-0.39, 0.29) is 26.4 Å². The molecule has 0 heterocycles. The van der Waals surface area contributed by atoms with Crippen molar-refractivity contribution in [3.63, 3.8) is 0 Å². The van der Waals surface area contributed by atoms with Crippen LogP contribution in [0.25, 0.3) is 0 Å². The Morgan fingerprint density at radius 3 is 1.59 bits per heavy atom. The summed E-state index contributed by atoms with van der Waals surface area (Å²) in [4.78, 5) is 18.0. The largest absolute Gasteiger partial charge is 0.563 e. The third kappa shape index (κ3) is 21.7. The van der Waals surface area contributed by atoms with Crippen LogP contribution in [0.15, 0.2) is 0 Å². The van der Waals surface area contributed by atoms with Gasteiger partial charge in [0.25, 0.3) is 0 Å². The molecule has 0 bridgehead atoms. The summed E-state index contributed by atoms with van der Waals surface area (Å²) in [5.41, 5.74) is 5.30. The molecule has 29 heavy (non-hydrogen) atoms. The Balaban J connectivity index is 0. The summed E-state index contributed by atoms with van der Waals surface area (Å²) in [5, 5.41) is 36.8. The van der Waals surface area contributed by atoms with Crippen LogP contribution in [0.4, 0.5) is 0 Å². The van der Waals surface area contributed by atoms with Gasteiger partial charge in [0, 0.05) is 13.3 Å². The van der Waals surface area contributed by atoms with Gasteiger partial charge in [0.1, 0.15) is 13.2 Å². The van der Waals surface area contributed by atoms with Gasteiger partial charge in [0.05, 0.1) is 13.2 Å². The summed E-state index contributed by atoms with van der Waals surface area (Å²) in [6, 6.07) is 0. The van der Waals surface area contributed by atoms with E-state index in [1.54, 1.807) is 0 Å². The molecule has 0 aromatic carbocycles. The van der Waals surface area contributed by atoms with Gasteiger partial charge in [0.15, 0.2) is 6.17 Å². The molecule has 0 aliphatic rings. The Bertz CT molecular complexity index is 350. The number of quaternary nitrogens is 1. The molecule has 0 saturated heterocycles. The topological polar surface area (TPSA) is 145 Å². The maximum atomic E-state index is 11.5. The van der Waals surface area contributed by atoms with Crippen LogP contribution >= 0.6 is 0 Å². The number of aliphatic carboxylic acids is 1. The van der Waals surface area contributed by atoms with E-state index in [2.05, 4.69) is 16.6 Å². The van der Waals surface area contributed by atoms with Crippen molar-refractivity contribution < 1.29 is 34.8 Å². The van der Waals surface area contributed by atoms with Crippen LogP contribution in [0.2, 0.25) is 0 Å². The number of hydrogen-bond acceptors (Lipinski definition) is 7. The molecule has 0 aromatic rings. The molecular weight excluding hydrogens is 380 g/mol. The van der Waals surface area contributed by atoms with Crippen molar-refractivity contribution in [1.82, 2.24) is 0 Å². The lowest BCUT2D eigenvalue weighted by Gasteiger charge is -2.37. The number of rotatable bonds is 19. The zero-order valence-corrected chi connectivity index (χ0v) is 18.4. The normalized spacial score (nSPS) is 12.3. The Labute approximate surface area is 175 Å². The summed E-state index contributed by atoms with van der Waals surface area (Å²) in [5.74, 6) is -0.657. The lowest BCUT2D eigenvalue weighted by molar-refractivity contribution is -1.23. The SMILES string of the molecule is CC(N)[N+]([O-])(OCCO)OCCO.CCCCCCCCCCCCCC(=O)O. The first kappa shape index (κ1) is 30.4. The summed E-state index contributed by atoms with van der Waals surface area (Å²) < 4.78 is 0. The quantitative estimate of drug-likeness (QED) is 0.107. The van der Waals surface area contributed by atoms with Crippen LogP contribution in [-0.4, -0.2) is 58.9 Å². The number of carboxylic acid groups (broad SMARTS) is 1. The molecule has 0 aliphatic carbocycles. The molecule has 0 radical (unpaired) electrons.